The van der Waals surface area contributed by atoms with E-state index in [-0.39, 0.29) is 24.3 Å². The quantitative estimate of drug-likeness (QED) is 0.643. The van der Waals surface area contributed by atoms with E-state index < -0.39 is 19.2 Å². The van der Waals surface area contributed by atoms with Crippen LogP contribution in [0.1, 0.15) is 52.9 Å². The number of fused-ring (bicyclic) bond motifs is 1. The maximum atomic E-state index is 6.53. The molecule has 19 heavy (non-hydrogen) atoms. The Labute approximate surface area is 124 Å². The van der Waals surface area contributed by atoms with Crippen molar-refractivity contribution in [3.8, 4) is 0 Å². The third-order valence-corrected chi connectivity index (χ3v) is 14.6. The summed E-state index contributed by atoms with van der Waals surface area (Å²) in [6.45, 7) is 6.61. The van der Waals surface area contributed by atoms with Gasteiger partial charge in [-0.15, -0.1) is 0 Å². The number of hydrogen-bond acceptors (Lipinski definition) is 3. The van der Waals surface area contributed by atoms with Crippen LogP contribution < -0.4 is 0 Å². The summed E-state index contributed by atoms with van der Waals surface area (Å²) in [7, 11) is 6.07. The van der Waals surface area contributed by atoms with Crippen LogP contribution in [0.3, 0.4) is 0 Å². The molecule has 2 heterocycles. The fourth-order valence-corrected chi connectivity index (χ4v) is 14.9. The van der Waals surface area contributed by atoms with Gasteiger partial charge in [-0.05, 0) is 0 Å². The van der Waals surface area contributed by atoms with Gasteiger partial charge in [-0.1, -0.05) is 0 Å². The number of unbranched alkanes of at least 4 members (excludes halogenated alkanes) is 2. The van der Waals surface area contributed by atoms with Crippen molar-refractivity contribution in [3.05, 3.63) is 0 Å². The number of ether oxygens (including phenoxy) is 1. The van der Waals surface area contributed by atoms with Crippen molar-refractivity contribution in [2.24, 2.45) is 0 Å². The summed E-state index contributed by atoms with van der Waals surface area (Å²) in [5, 5.41) is 0. The zero-order valence-electron chi connectivity index (χ0n) is 12.6. The van der Waals surface area contributed by atoms with Crippen LogP contribution in [0.5, 0.6) is 0 Å². The molecule has 2 saturated heterocycles. The normalized spacial score (nSPS) is 36.6. The zero-order chi connectivity index (χ0) is 13.9. The van der Waals surface area contributed by atoms with E-state index in [1.807, 2.05) is 0 Å². The Morgan fingerprint density at radius 3 is 2.05 bits per heavy atom. The van der Waals surface area contributed by atoms with Gasteiger partial charge in [0.25, 0.3) is 0 Å². The molecule has 2 fully saturated rings. The molecule has 0 aliphatic carbocycles. The van der Waals surface area contributed by atoms with E-state index in [1.54, 1.807) is 0 Å². The van der Waals surface area contributed by atoms with E-state index in [9.17, 15) is 0 Å². The van der Waals surface area contributed by atoms with Crippen LogP contribution >= 0.6 is 0 Å². The van der Waals surface area contributed by atoms with Gasteiger partial charge in [-0.25, -0.2) is 0 Å². The molecule has 0 amide bonds. The summed E-state index contributed by atoms with van der Waals surface area (Å²) in [6.07, 6.45) is 6.11. The Morgan fingerprint density at radius 1 is 0.947 bits per heavy atom. The maximum absolute atomic E-state index is 6.53. The van der Waals surface area contributed by atoms with Crippen molar-refractivity contribution in [3.63, 3.8) is 0 Å². The van der Waals surface area contributed by atoms with Crippen LogP contribution in [0.4, 0.5) is 0 Å². The first-order chi connectivity index (χ1) is 9.15. The molecule has 0 spiro atoms. The van der Waals surface area contributed by atoms with Crippen molar-refractivity contribution in [1.29, 1.82) is 0 Å². The second kappa shape index (κ2) is 7.14. The van der Waals surface area contributed by atoms with Crippen LogP contribution in [0.2, 0.25) is 8.87 Å². The predicted molar refractivity (Wildman–Crippen MR) is 79.6 cm³/mol. The monoisotopic (exact) mass is 374 g/mol. The molecule has 0 aromatic rings. The molecule has 0 saturated carbocycles. The predicted octanol–water partition coefficient (Wildman–Crippen LogP) is 3.12. The first-order valence-corrected chi connectivity index (χ1v) is 14.3. The van der Waals surface area contributed by atoms with Crippen LogP contribution in [-0.2, 0) is 10.9 Å². The summed E-state index contributed by atoms with van der Waals surface area (Å²) in [5.74, 6) is 0. The molecule has 1 unspecified atom stereocenters. The topological polar surface area (TPSA) is 27.7 Å². The van der Waals surface area contributed by atoms with Gasteiger partial charge in [0, 0.05) is 0 Å². The molecule has 3 nitrogen and oxygen atoms in total. The third kappa shape index (κ3) is 3.50. The first-order valence-electron chi connectivity index (χ1n) is 7.92. The Bertz CT molecular complexity index is 282. The van der Waals surface area contributed by atoms with Gasteiger partial charge in [0.2, 0.25) is 0 Å². The van der Waals surface area contributed by atoms with Crippen molar-refractivity contribution in [2.45, 2.75) is 86.1 Å². The number of rotatable bonds is 7. The molecule has 0 N–H and O–H groups in total. The van der Waals surface area contributed by atoms with E-state index >= 15 is 0 Å². The summed E-state index contributed by atoms with van der Waals surface area (Å²) in [5.41, 5.74) is 0. The summed E-state index contributed by atoms with van der Waals surface area (Å²) >= 11 is -2.86. The molecule has 2 aliphatic heterocycles. The van der Waals surface area contributed by atoms with E-state index in [0.717, 1.165) is 6.42 Å². The molecule has 2 aliphatic rings. The molecule has 0 aromatic carbocycles. The minimum absolute atomic E-state index is 0.00876. The van der Waals surface area contributed by atoms with Crippen molar-refractivity contribution in [1.82, 2.24) is 0 Å². The molecule has 2 rings (SSSR count). The molecule has 0 bridgehead atoms. The summed E-state index contributed by atoms with van der Waals surface area (Å²) in [6, 6.07) is -0.281. The SMILES string of the molecule is [B][C@@H]1O[C@H](CC)[C@@H]2[O][Sn]([CH2]CCC)([CH2]CCC)[O]C12. The average molecular weight is 373 g/mol. The fourth-order valence-electron chi connectivity index (χ4n) is 3.14. The van der Waals surface area contributed by atoms with Gasteiger partial charge in [-0.2, -0.15) is 0 Å². The van der Waals surface area contributed by atoms with Gasteiger partial charge in [0.05, 0.1) is 0 Å². The van der Waals surface area contributed by atoms with Gasteiger partial charge >= 0.3 is 124 Å². The zero-order valence-corrected chi connectivity index (χ0v) is 15.4. The second-order valence-electron chi connectivity index (χ2n) is 5.83. The molecule has 5 heteroatoms. The molecule has 2 radical (unpaired) electrons. The van der Waals surface area contributed by atoms with Gasteiger partial charge < -0.3 is 0 Å². The van der Waals surface area contributed by atoms with Crippen LogP contribution in [0.25, 0.3) is 0 Å². The summed E-state index contributed by atoms with van der Waals surface area (Å²) < 4.78 is 21.1. The van der Waals surface area contributed by atoms with E-state index in [0.29, 0.717) is 0 Å². The van der Waals surface area contributed by atoms with E-state index in [2.05, 4.69) is 20.8 Å². The standard InChI is InChI=1S/C6H9BO3.2C4H9.Sn/c1-2-3-4(8)5(9)6(7)10-3;2*1-3-4-2;/h3-6H,2H2,1H3;2*1,3-4H2,2H3;/q-2;;;+2/t3-,4+,5?,6-;;;/m1.../s1. The van der Waals surface area contributed by atoms with Gasteiger partial charge in [0.1, 0.15) is 0 Å². The Balaban J connectivity index is 2.05. The summed E-state index contributed by atoms with van der Waals surface area (Å²) in [4.78, 5) is 0. The Morgan fingerprint density at radius 2 is 1.53 bits per heavy atom. The Hall–Kier alpha value is 0.744. The van der Waals surface area contributed by atoms with Crippen LogP contribution in [0, 0.1) is 0 Å². The molecule has 0 aromatic heterocycles. The first kappa shape index (κ1) is 16.1. The van der Waals surface area contributed by atoms with Gasteiger partial charge in [0.15, 0.2) is 0 Å². The molecule has 4 atom stereocenters. The van der Waals surface area contributed by atoms with Crippen molar-refractivity contribution in [2.75, 3.05) is 0 Å². The molecular weight excluding hydrogens is 346 g/mol. The second-order valence-corrected chi connectivity index (χ2v) is 15.2. The van der Waals surface area contributed by atoms with Crippen molar-refractivity contribution < 1.29 is 10.9 Å². The Kier molecular flexibility index (Phi) is 6.06. The average Bonchev–Trinajstić information content (AvgIpc) is 2.92. The number of hydrogen-bond donors (Lipinski definition) is 0. The molecule has 108 valence electrons. The van der Waals surface area contributed by atoms with Gasteiger partial charge in [-0.3, -0.25) is 0 Å². The molecular formula is C14H27BO3Sn. The van der Waals surface area contributed by atoms with E-state index in [1.165, 1.54) is 34.6 Å². The minimum atomic E-state index is -2.86. The fraction of sp³-hybridized carbons (Fsp3) is 1.00. The van der Waals surface area contributed by atoms with Crippen LogP contribution in [-0.4, -0.2) is 51.4 Å². The van der Waals surface area contributed by atoms with E-state index in [4.69, 9.17) is 18.7 Å². The van der Waals surface area contributed by atoms with Crippen LogP contribution in [0.15, 0.2) is 0 Å². The third-order valence-electron chi connectivity index (χ3n) is 4.27. The van der Waals surface area contributed by atoms with Crippen molar-refractivity contribution >= 4 is 27.1 Å².